The molecule has 0 aliphatic rings. The Hall–Kier alpha value is -3.03. The lowest BCUT2D eigenvalue weighted by Gasteiger charge is -2.11. The maximum Gasteiger partial charge on any atom is 0.416 e. The summed E-state index contributed by atoms with van der Waals surface area (Å²) in [5.74, 6) is -1.38. The second kappa shape index (κ2) is 7.69. The third-order valence-corrected chi connectivity index (χ3v) is 3.27. The van der Waals surface area contributed by atoms with E-state index in [9.17, 15) is 22.8 Å². The zero-order chi connectivity index (χ0) is 18.4. The molecule has 2 aromatic carbocycles. The Kier molecular flexibility index (Phi) is 5.63. The van der Waals surface area contributed by atoms with E-state index in [0.717, 1.165) is 23.4 Å². The van der Waals surface area contributed by atoms with E-state index in [1.54, 1.807) is 12.1 Å². The number of carbonyl (C=O) groups excluding carboxylic acids is 2. The number of aryl methyl sites for hydroxylation is 1. The van der Waals surface area contributed by atoms with Gasteiger partial charge in [-0.25, -0.2) is 0 Å². The predicted molar refractivity (Wildman–Crippen MR) is 86.7 cm³/mol. The molecule has 0 aliphatic heterocycles. The summed E-state index contributed by atoms with van der Waals surface area (Å²) in [7, 11) is 0. The van der Waals surface area contributed by atoms with Gasteiger partial charge in [-0.3, -0.25) is 20.4 Å². The van der Waals surface area contributed by atoms with Crippen molar-refractivity contribution in [2.45, 2.75) is 13.1 Å². The molecule has 0 radical (unpaired) electrons. The van der Waals surface area contributed by atoms with Crippen molar-refractivity contribution in [2.24, 2.45) is 0 Å². The molecule has 0 aliphatic carbocycles. The van der Waals surface area contributed by atoms with Crippen molar-refractivity contribution in [3.63, 3.8) is 0 Å². The summed E-state index contributed by atoms with van der Waals surface area (Å²) in [6.07, 6.45) is -4.54. The summed E-state index contributed by atoms with van der Waals surface area (Å²) in [6, 6.07) is 11.3. The van der Waals surface area contributed by atoms with E-state index in [-0.39, 0.29) is 12.1 Å². The van der Waals surface area contributed by atoms with Crippen LogP contribution in [0.1, 0.15) is 21.5 Å². The zero-order valence-corrected chi connectivity index (χ0v) is 13.3. The number of carbonyl (C=O) groups is 2. The lowest BCUT2D eigenvalue weighted by Crippen LogP contribution is -2.44. The van der Waals surface area contributed by atoms with Gasteiger partial charge in [-0.1, -0.05) is 23.8 Å². The second-order valence-electron chi connectivity index (χ2n) is 5.30. The third-order valence-electron chi connectivity index (χ3n) is 3.27. The van der Waals surface area contributed by atoms with Gasteiger partial charge in [0.15, 0.2) is 0 Å². The Balaban J connectivity index is 1.85. The SMILES string of the molecule is Cc1ccc(NCC(=O)NNC(=O)c2cccc(C(F)(F)F)c2)cc1. The monoisotopic (exact) mass is 351 g/mol. The van der Waals surface area contributed by atoms with Gasteiger partial charge in [-0.2, -0.15) is 13.2 Å². The van der Waals surface area contributed by atoms with Gasteiger partial charge in [0.2, 0.25) is 0 Å². The molecule has 0 saturated carbocycles. The van der Waals surface area contributed by atoms with E-state index in [1.165, 1.54) is 6.07 Å². The molecule has 0 saturated heterocycles. The third kappa shape index (κ3) is 5.52. The fourth-order valence-corrected chi connectivity index (χ4v) is 1.93. The van der Waals surface area contributed by atoms with Gasteiger partial charge in [-0.05, 0) is 37.3 Å². The van der Waals surface area contributed by atoms with Crippen LogP contribution in [0, 0.1) is 6.92 Å². The lowest BCUT2D eigenvalue weighted by atomic mass is 10.1. The topological polar surface area (TPSA) is 70.2 Å². The molecule has 2 amide bonds. The van der Waals surface area contributed by atoms with Gasteiger partial charge in [0, 0.05) is 11.3 Å². The summed E-state index contributed by atoms with van der Waals surface area (Å²) < 4.78 is 37.9. The minimum atomic E-state index is -4.54. The number of hydrogen-bond acceptors (Lipinski definition) is 3. The molecule has 0 unspecified atom stereocenters. The summed E-state index contributed by atoms with van der Waals surface area (Å²) in [5.41, 5.74) is 4.87. The van der Waals surface area contributed by atoms with Crippen molar-refractivity contribution in [3.8, 4) is 0 Å². The number of anilines is 1. The van der Waals surface area contributed by atoms with Crippen molar-refractivity contribution in [3.05, 3.63) is 65.2 Å². The molecule has 25 heavy (non-hydrogen) atoms. The van der Waals surface area contributed by atoms with Crippen molar-refractivity contribution >= 4 is 17.5 Å². The van der Waals surface area contributed by atoms with Crippen LogP contribution >= 0.6 is 0 Å². The van der Waals surface area contributed by atoms with Crippen LogP contribution in [0.15, 0.2) is 48.5 Å². The van der Waals surface area contributed by atoms with Crippen LogP contribution in [-0.2, 0) is 11.0 Å². The first-order valence-electron chi connectivity index (χ1n) is 7.33. The molecule has 0 aromatic heterocycles. The van der Waals surface area contributed by atoms with E-state index < -0.39 is 23.6 Å². The van der Waals surface area contributed by atoms with Gasteiger partial charge >= 0.3 is 6.18 Å². The van der Waals surface area contributed by atoms with Crippen LogP contribution < -0.4 is 16.2 Å². The van der Waals surface area contributed by atoms with Gasteiger partial charge in [0.1, 0.15) is 0 Å². The molecular formula is C17H16F3N3O2. The Labute approximate surface area is 142 Å². The van der Waals surface area contributed by atoms with Crippen molar-refractivity contribution in [1.29, 1.82) is 0 Å². The highest BCUT2D eigenvalue weighted by Crippen LogP contribution is 2.29. The summed E-state index contributed by atoms with van der Waals surface area (Å²) in [4.78, 5) is 23.5. The minimum absolute atomic E-state index is 0.105. The van der Waals surface area contributed by atoms with Gasteiger partial charge in [-0.15, -0.1) is 0 Å². The Morgan fingerprint density at radius 1 is 1.00 bits per heavy atom. The first kappa shape index (κ1) is 18.3. The predicted octanol–water partition coefficient (Wildman–Crippen LogP) is 2.89. The van der Waals surface area contributed by atoms with E-state index in [0.29, 0.717) is 6.07 Å². The van der Waals surface area contributed by atoms with E-state index >= 15 is 0 Å². The number of nitrogens with one attached hydrogen (secondary N) is 3. The standard InChI is InChI=1S/C17H16F3N3O2/c1-11-5-7-14(8-6-11)21-10-15(24)22-23-16(25)12-3-2-4-13(9-12)17(18,19)20/h2-9,21H,10H2,1H3,(H,22,24)(H,23,25). The van der Waals surface area contributed by atoms with E-state index in [4.69, 9.17) is 0 Å². The van der Waals surface area contributed by atoms with Gasteiger partial charge in [0.25, 0.3) is 11.8 Å². The molecule has 132 valence electrons. The van der Waals surface area contributed by atoms with Crippen LogP contribution in [0.3, 0.4) is 0 Å². The number of halogens is 3. The fourth-order valence-electron chi connectivity index (χ4n) is 1.93. The molecule has 5 nitrogen and oxygen atoms in total. The van der Waals surface area contributed by atoms with Crippen molar-refractivity contribution < 1.29 is 22.8 Å². The Morgan fingerprint density at radius 3 is 2.32 bits per heavy atom. The molecule has 0 atom stereocenters. The number of rotatable bonds is 4. The average Bonchev–Trinajstić information content (AvgIpc) is 2.58. The zero-order valence-electron chi connectivity index (χ0n) is 13.3. The molecule has 3 N–H and O–H groups in total. The maximum atomic E-state index is 12.6. The minimum Gasteiger partial charge on any atom is -0.376 e. The molecule has 0 heterocycles. The fraction of sp³-hybridized carbons (Fsp3) is 0.176. The maximum absolute atomic E-state index is 12.6. The quantitative estimate of drug-likeness (QED) is 0.742. The van der Waals surface area contributed by atoms with Crippen LogP contribution in [0.4, 0.5) is 18.9 Å². The lowest BCUT2D eigenvalue weighted by molar-refractivity contribution is -0.137. The van der Waals surface area contributed by atoms with Crippen LogP contribution in [-0.4, -0.2) is 18.4 Å². The second-order valence-corrected chi connectivity index (χ2v) is 5.30. The number of hydrazine groups is 1. The molecule has 8 heteroatoms. The van der Waals surface area contributed by atoms with E-state index in [2.05, 4.69) is 16.2 Å². The smallest absolute Gasteiger partial charge is 0.376 e. The van der Waals surface area contributed by atoms with Crippen LogP contribution in [0.2, 0.25) is 0 Å². The number of alkyl halides is 3. The normalized spacial score (nSPS) is 10.9. The van der Waals surface area contributed by atoms with E-state index in [1.807, 2.05) is 19.1 Å². The molecule has 0 bridgehead atoms. The van der Waals surface area contributed by atoms with Crippen LogP contribution in [0.5, 0.6) is 0 Å². The molecule has 2 rings (SSSR count). The number of benzene rings is 2. The molecule has 2 aromatic rings. The van der Waals surface area contributed by atoms with Crippen molar-refractivity contribution in [1.82, 2.24) is 10.9 Å². The van der Waals surface area contributed by atoms with Gasteiger partial charge in [0.05, 0.1) is 12.1 Å². The highest BCUT2D eigenvalue weighted by Gasteiger charge is 2.30. The highest BCUT2D eigenvalue weighted by atomic mass is 19.4. The molecule has 0 spiro atoms. The molecular weight excluding hydrogens is 335 g/mol. The highest BCUT2D eigenvalue weighted by molar-refractivity contribution is 5.95. The number of hydrogen-bond donors (Lipinski definition) is 3. The summed E-state index contributed by atoms with van der Waals surface area (Å²) >= 11 is 0. The Bertz CT molecular complexity index is 758. The Morgan fingerprint density at radius 2 is 1.68 bits per heavy atom. The van der Waals surface area contributed by atoms with Crippen LogP contribution in [0.25, 0.3) is 0 Å². The first-order chi connectivity index (χ1) is 11.8. The number of amides is 2. The largest absolute Gasteiger partial charge is 0.416 e. The summed E-state index contributed by atoms with van der Waals surface area (Å²) in [5, 5.41) is 2.85. The van der Waals surface area contributed by atoms with Gasteiger partial charge < -0.3 is 5.32 Å². The molecule has 0 fully saturated rings. The average molecular weight is 351 g/mol. The first-order valence-corrected chi connectivity index (χ1v) is 7.33. The summed E-state index contributed by atoms with van der Waals surface area (Å²) in [6.45, 7) is 1.83. The van der Waals surface area contributed by atoms with Crippen molar-refractivity contribution in [2.75, 3.05) is 11.9 Å².